The Kier molecular flexibility index (Phi) is 7.68. The molecule has 5 nitrogen and oxygen atoms in total. The van der Waals surface area contributed by atoms with E-state index in [9.17, 15) is 13.8 Å². The van der Waals surface area contributed by atoms with Crippen molar-refractivity contribution in [2.24, 2.45) is 0 Å². The van der Waals surface area contributed by atoms with Gasteiger partial charge in [-0.15, -0.1) is 0 Å². The standard InChI is InChI=1S/C15H21NO4S/c1-12(17)16-14(15(18)19)11-21(20)10-6-5-9-13-7-3-2-4-8-13/h2-4,7-8,14H,5-6,9-11H2,1H3,(H,16,17)(H,18,19). The van der Waals surface area contributed by atoms with E-state index in [-0.39, 0.29) is 5.75 Å². The van der Waals surface area contributed by atoms with Gasteiger partial charge in [-0.1, -0.05) is 30.3 Å². The maximum Gasteiger partial charge on any atom is 0.327 e. The van der Waals surface area contributed by atoms with Crippen LogP contribution in [0.5, 0.6) is 0 Å². The van der Waals surface area contributed by atoms with E-state index in [0.717, 1.165) is 19.3 Å². The molecule has 0 heterocycles. The van der Waals surface area contributed by atoms with Gasteiger partial charge in [-0.05, 0) is 24.8 Å². The van der Waals surface area contributed by atoms with Gasteiger partial charge in [0.15, 0.2) is 0 Å². The molecule has 2 atom stereocenters. The molecule has 6 heteroatoms. The molecule has 1 aromatic rings. The number of rotatable bonds is 9. The number of carboxylic acid groups (broad SMARTS) is 1. The average molecular weight is 311 g/mol. The summed E-state index contributed by atoms with van der Waals surface area (Å²) in [5.74, 6) is -1.16. The maximum atomic E-state index is 11.8. The second-order valence-electron chi connectivity index (χ2n) is 4.84. The van der Waals surface area contributed by atoms with Crippen LogP contribution in [0, 0.1) is 0 Å². The van der Waals surface area contributed by atoms with Crippen LogP contribution in [0.15, 0.2) is 30.3 Å². The van der Waals surface area contributed by atoms with Gasteiger partial charge in [0.05, 0.1) is 5.75 Å². The first-order valence-corrected chi connectivity index (χ1v) is 8.36. The fraction of sp³-hybridized carbons (Fsp3) is 0.467. The minimum Gasteiger partial charge on any atom is -0.480 e. The van der Waals surface area contributed by atoms with Crippen LogP contribution in [0.25, 0.3) is 0 Å². The number of nitrogens with one attached hydrogen (secondary N) is 1. The lowest BCUT2D eigenvalue weighted by molar-refractivity contribution is -0.140. The van der Waals surface area contributed by atoms with Crippen LogP contribution in [-0.2, 0) is 26.8 Å². The van der Waals surface area contributed by atoms with E-state index in [1.165, 1.54) is 12.5 Å². The summed E-state index contributed by atoms with van der Waals surface area (Å²) in [4.78, 5) is 21.8. The van der Waals surface area contributed by atoms with Crippen molar-refractivity contribution in [3.05, 3.63) is 35.9 Å². The van der Waals surface area contributed by atoms with Gasteiger partial charge in [0.1, 0.15) is 6.04 Å². The number of hydrogen-bond acceptors (Lipinski definition) is 3. The normalized spacial score (nSPS) is 13.4. The molecule has 0 radical (unpaired) electrons. The van der Waals surface area contributed by atoms with Crippen molar-refractivity contribution in [1.82, 2.24) is 5.32 Å². The first-order valence-electron chi connectivity index (χ1n) is 6.88. The Bertz CT molecular complexity index is 490. The van der Waals surface area contributed by atoms with Crippen molar-refractivity contribution in [2.45, 2.75) is 32.2 Å². The highest BCUT2D eigenvalue weighted by atomic mass is 32.2. The zero-order valence-electron chi connectivity index (χ0n) is 12.1. The molecular formula is C15H21NO4S. The highest BCUT2D eigenvalue weighted by molar-refractivity contribution is 7.85. The van der Waals surface area contributed by atoms with Crippen LogP contribution in [0.2, 0.25) is 0 Å². The van der Waals surface area contributed by atoms with E-state index in [0.29, 0.717) is 5.75 Å². The number of hydrogen-bond donors (Lipinski definition) is 2. The second kappa shape index (κ2) is 9.28. The number of carboxylic acids is 1. The van der Waals surface area contributed by atoms with E-state index in [2.05, 4.69) is 5.32 Å². The molecule has 0 aromatic heterocycles. The Morgan fingerprint density at radius 1 is 1.24 bits per heavy atom. The quantitative estimate of drug-likeness (QED) is 0.674. The van der Waals surface area contributed by atoms with Gasteiger partial charge in [-0.2, -0.15) is 0 Å². The SMILES string of the molecule is CC(=O)NC(CS(=O)CCCCc1ccccc1)C(=O)O. The Balaban J connectivity index is 2.26. The first-order chi connectivity index (χ1) is 9.99. The molecule has 0 spiro atoms. The molecule has 0 saturated carbocycles. The highest BCUT2D eigenvalue weighted by Crippen LogP contribution is 2.05. The highest BCUT2D eigenvalue weighted by Gasteiger charge is 2.20. The molecule has 1 amide bonds. The number of carbonyl (C=O) groups is 2. The van der Waals surface area contributed by atoms with Crippen LogP contribution in [0.3, 0.4) is 0 Å². The van der Waals surface area contributed by atoms with Crippen LogP contribution in [-0.4, -0.2) is 38.7 Å². The lowest BCUT2D eigenvalue weighted by Crippen LogP contribution is -2.43. The molecule has 2 N–H and O–H groups in total. The van der Waals surface area contributed by atoms with Crippen molar-refractivity contribution < 1.29 is 18.9 Å². The summed E-state index contributed by atoms with van der Waals surface area (Å²) < 4.78 is 11.8. The molecule has 0 aliphatic rings. The summed E-state index contributed by atoms with van der Waals surface area (Å²) in [6.07, 6.45) is 2.60. The van der Waals surface area contributed by atoms with E-state index in [1.807, 2.05) is 30.3 Å². The third kappa shape index (κ3) is 7.60. The maximum absolute atomic E-state index is 11.8. The minimum atomic E-state index is -1.24. The van der Waals surface area contributed by atoms with E-state index >= 15 is 0 Å². The van der Waals surface area contributed by atoms with Gasteiger partial charge < -0.3 is 10.4 Å². The number of benzene rings is 1. The van der Waals surface area contributed by atoms with Gasteiger partial charge in [0.2, 0.25) is 5.91 Å². The van der Waals surface area contributed by atoms with E-state index in [4.69, 9.17) is 5.11 Å². The summed E-state index contributed by atoms with van der Waals surface area (Å²) in [6.45, 7) is 1.25. The molecule has 2 unspecified atom stereocenters. The molecule has 21 heavy (non-hydrogen) atoms. The topological polar surface area (TPSA) is 83.5 Å². The molecule has 0 aliphatic carbocycles. The van der Waals surface area contributed by atoms with Crippen molar-refractivity contribution in [3.63, 3.8) is 0 Å². The number of carbonyl (C=O) groups excluding carboxylic acids is 1. The average Bonchev–Trinajstić information content (AvgIpc) is 2.43. The summed E-state index contributed by atoms with van der Waals surface area (Å²) >= 11 is 0. The van der Waals surface area contributed by atoms with Crippen molar-refractivity contribution in [1.29, 1.82) is 0 Å². The third-order valence-corrected chi connectivity index (χ3v) is 4.41. The monoisotopic (exact) mass is 311 g/mol. The van der Waals surface area contributed by atoms with Crippen LogP contribution < -0.4 is 5.32 Å². The van der Waals surface area contributed by atoms with E-state index < -0.39 is 28.7 Å². The summed E-state index contributed by atoms with van der Waals surface area (Å²) in [5.41, 5.74) is 1.24. The zero-order chi connectivity index (χ0) is 15.7. The predicted octanol–water partition coefficient (Wildman–Crippen LogP) is 1.35. The van der Waals surface area contributed by atoms with Crippen molar-refractivity contribution >= 4 is 22.7 Å². The Hall–Kier alpha value is -1.69. The molecule has 0 saturated heterocycles. The van der Waals surface area contributed by atoms with Gasteiger partial charge in [-0.3, -0.25) is 9.00 Å². The Labute approximate surface area is 127 Å². The smallest absolute Gasteiger partial charge is 0.327 e. The fourth-order valence-electron chi connectivity index (χ4n) is 1.93. The van der Waals surface area contributed by atoms with Crippen molar-refractivity contribution in [3.8, 4) is 0 Å². The number of amides is 1. The van der Waals surface area contributed by atoms with Crippen LogP contribution in [0.4, 0.5) is 0 Å². The molecule has 0 fully saturated rings. The van der Waals surface area contributed by atoms with E-state index in [1.54, 1.807) is 0 Å². The molecule has 1 rings (SSSR count). The number of aliphatic carboxylic acids is 1. The van der Waals surface area contributed by atoms with Crippen molar-refractivity contribution in [2.75, 3.05) is 11.5 Å². The molecule has 116 valence electrons. The van der Waals surface area contributed by atoms with Crippen LogP contribution in [0.1, 0.15) is 25.3 Å². The van der Waals surface area contributed by atoms with Gasteiger partial charge in [0.25, 0.3) is 0 Å². The number of aryl methyl sites for hydroxylation is 1. The molecular weight excluding hydrogens is 290 g/mol. The molecule has 0 aliphatic heterocycles. The van der Waals surface area contributed by atoms with Gasteiger partial charge in [-0.25, -0.2) is 4.79 Å². The predicted molar refractivity (Wildman–Crippen MR) is 82.5 cm³/mol. The summed E-state index contributed by atoms with van der Waals surface area (Å²) in [5, 5.41) is 11.2. The molecule has 1 aromatic carbocycles. The lowest BCUT2D eigenvalue weighted by Gasteiger charge is -2.12. The summed E-state index contributed by atoms with van der Waals surface area (Å²) in [7, 11) is -1.24. The fourth-order valence-corrected chi connectivity index (χ4v) is 3.22. The third-order valence-electron chi connectivity index (χ3n) is 2.96. The first kappa shape index (κ1) is 17.4. The summed E-state index contributed by atoms with van der Waals surface area (Å²) in [6, 6.07) is 8.96. The van der Waals surface area contributed by atoms with Gasteiger partial charge >= 0.3 is 5.97 Å². The lowest BCUT2D eigenvalue weighted by atomic mass is 10.1. The number of unbranched alkanes of at least 4 members (excludes halogenated alkanes) is 1. The molecule has 0 bridgehead atoms. The Morgan fingerprint density at radius 2 is 1.90 bits per heavy atom. The van der Waals surface area contributed by atoms with Crippen LogP contribution >= 0.6 is 0 Å². The second-order valence-corrected chi connectivity index (χ2v) is 6.47. The van der Waals surface area contributed by atoms with Gasteiger partial charge in [0, 0.05) is 23.5 Å². The Morgan fingerprint density at radius 3 is 2.48 bits per heavy atom. The largest absolute Gasteiger partial charge is 0.480 e. The zero-order valence-corrected chi connectivity index (χ0v) is 12.9. The minimum absolute atomic E-state index is 0.0414.